The first-order valence-electron chi connectivity index (χ1n) is 4.57. The molecule has 0 radical (unpaired) electrons. The van der Waals surface area contributed by atoms with E-state index >= 15 is 0 Å². The molecule has 0 aromatic heterocycles. The largest absolute Gasteiger partial charge is 0.285 e. The van der Waals surface area contributed by atoms with Crippen LogP contribution in [0, 0.1) is 11.3 Å². The zero-order valence-corrected chi connectivity index (χ0v) is 9.86. The Morgan fingerprint density at radius 3 is 2.59 bits per heavy atom. The fraction of sp³-hybridized carbons (Fsp3) is 0.0909. The fourth-order valence-corrected chi connectivity index (χ4v) is 1.14. The predicted molar refractivity (Wildman–Crippen MR) is 62.6 cm³/mol. The second-order valence-corrected chi connectivity index (χ2v) is 4.65. The van der Waals surface area contributed by atoms with Gasteiger partial charge in [-0.15, -0.1) is 0 Å². The molecular weight excluding hydrogens is 240 g/mol. The highest BCUT2D eigenvalue weighted by Crippen LogP contribution is 2.00. The van der Waals surface area contributed by atoms with Crippen LogP contribution in [-0.2, 0) is 14.4 Å². The summed E-state index contributed by atoms with van der Waals surface area (Å²) < 4.78 is 25.6. The molecule has 0 aliphatic heterocycles. The van der Waals surface area contributed by atoms with Crippen LogP contribution in [0.2, 0.25) is 0 Å². The topological polar surface area (TPSA) is 79.2 Å². The number of benzene rings is 1. The smallest absolute Gasteiger partial charge is 0.231 e. The van der Waals surface area contributed by atoms with E-state index < -0.39 is 10.1 Å². The maximum absolute atomic E-state index is 10.7. The van der Waals surface area contributed by atoms with E-state index in [1.165, 1.54) is 6.08 Å². The second-order valence-electron chi connectivity index (χ2n) is 3.08. The molecular formula is C11H10N2O3S. The Morgan fingerprint density at radius 2 is 2.06 bits per heavy atom. The summed E-state index contributed by atoms with van der Waals surface area (Å²) in [5, 5.41) is 8.69. The zero-order chi connectivity index (χ0) is 12.7. The molecule has 0 aliphatic rings. The first-order chi connectivity index (χ1) is 8.01. The quantitative estimate of drug-likeness (QED) is 0.493. The third-order valence-electron chi connectivity index (χ3n) is 1.59. The van der Waals surface area contributed by atoms with Gasteiger partial charge in [0.15, 0.2) is 5.70 Å². The standard InChI is InChI=1S/C11H10N2O3S/c1-17(14,15)16-13-11(9-12)8-7-10-5-3-2-4-6-10/h2-7,13H,1H3. The van der Waals surface area contributed by atoms with Gasteiger partial charge in [0.25, 0.3) is 10.1 Å². The number of hydroxylamine groups is 1. The normalized spacial score (nSPS) is 9.88. The molecule has 1 rings (SSSR count). The number of rotatable bonds is 4. The molecule has 0 bridgehead atoms. The van der Waals surface area contributed by atoms with Crippen LogP contribution in [0.25, 0.3) is 6.08 Å². The van der Waals surface area contributed by atoms with Crippen molar-refractivity contribution in [2.75, 3.05) is 6.26 Å². The molecule has 6 heteroatoms. The molecule has 0 heterocycles. The lowest BCUT2D eigenvalue weighted by Crippen LogP contribution is -2.17. The van der Waals surface area contributed by atoms with Crippen LogP contribution in [0.15, 0.2) is 41.8 Å². The Hall–Kier alpha value is -2.06. The second kappa shape index (κ2) is 5.87. The Morgan fingerprint density at radius 1 is 1.41 bits per heavy atom. The van der Waals surface area contributed by atoms with E-state index in [-0.39, 0.29) is 5.70 Å². The number of nitrogens with one attached hydrogen (secondary N) is 1. The summed E-state index contributed by atoms with van der Waals surface area (Å²) in [7, 11) is -3.65. The van der Waals surface area contributed by atoms with Gasteiger partial charge in [-0.2, -0.15) is 18.0 Å². The molecule has 0 atom stereocenters. The molecule has 1 aromatic carbocycles. The van der Waals surface area contributed by atoms with Crippen molar-refractivity contribution >= 4 is 16.2 Å². The van der Waals surface area contributed by atoms with E-state index in [2.05, 4.69) is 10.0 Å². The summed E-state index contributed by atoms with van der Waals surface area (Å²) in [6.45, 7) is 0. The maximum Gasteiger partial charge on any atom is 0.285 e. The van der Waals surface area contributed by atoms with Crippen molar-refractivity contribution in [3.63, 3.8) is 0 Å². The SMILES string of the molecule is CS(=O)(=O)ONC(=C=Cc1ccccc1)C#N. The summed E-state index contributed by atoms with van der Waals surface area (Å²) in [5.41, 5.74) is 5.30. The summed E-state index contributed by atoms with van der Waals surface area (Å²) in [5.74, 6) is 0. The van der Waals surface area contributed by atoms with Gasteiger partial charge in [-0.3, -0.25) is 0 Å². The van der Waals surface area contributed by atoms with Crippen molar-refractivity contribution in [1.82, 2.24) is 5.48 Å². The van der Waals surface area contributed by atoms with Gasteiger partial charge in [-0.05, 0) is 11.6 Å². The number of nitrogens with zero attached hydrogens (tertiary/aromatic N) is 1. The average Bonchev–Trinajstić information content (AvgIpc) is 2.29. The Kier molecular flexibility index (Phi) is 4.49. The van der Waals surface area contributed by atoms with Gasteiger partial charge >= 0.3 is 0 Å². The summed E-state index contributed by atoms with van der Waals surface area (Å²) in [4.78, 5) is 0. The molecule has 88 valence electrons. The van der Waals surface area contributed by atoms with Crippen molar-refractivity contribution < 1.29 is 12.7 Å². The third kappa shape index (κ3) is 5.54. The minimum absolute atomic E-state index is 0.126. The summed E-state index contributed by atoms with van der Waals surface area (Å²) in [6.07, 6.45) is 2.41. The molecule has 0 amide bonds. The fourth-order valence-electron chi connectivity index (χ4n) is 0.907. The Labute approximate surface area is 99.7 Å². The highest BCUT2D eigenvalue weighted by atomic mass is 32.2. The summed E-state index contributed by atoms with van der Waals surface area (Å²) >= 11 is 0. The van der Waals surface area contributed by atoms with E-state index in [0.717, 1.165) is 11.8 Å². The van der Waals surface area contributed by atoms with Crippen molar-refractivity contribution in [3.05, 3.63) is 47.3 Å². The van der Waals surface area contributed by atoms with Crippen LogP contribution in [-0.4, -0.2) is 14.7 Å². The predicted octanol–water partition coefficient (Wildman–Crippen LogP) is 1.19. The summed E-state index contributed by atoms with van der Waals surface area (Å²) in [6, 6.07) is 10.9. The van der Waals surface area contributed by atoms with Crippen molar-refractivity contribution in [3.8, 4) is 6.07 Å². The maximum atomic E-state index is 10.7. The first kappa shape index (κ1) is 13.0. The van der Waals surface area contributed by atoms with E-state index in [4.69, 9.17) is 5.26 Å². The van der Waals surface area contributed by atoms with Crippen LogP contribution in [0.1, 0.15) is 5.56 Å². The Balaban J connectivity index is 2.82. The minimum Gasteiger partial charge on any atom is -0.231 e. The monoisotopic (exact) mass is 250 g/mol. The van der Waals surface area contributed by atoms with Crippen LogP contribution >= 0.6 is 0 Å². The van der Waals surface area contributed by atoms with E-state index in [1.807, 2.05) is 35.8 Å². The number of hydrogen-bond acceptors (Lipinski definition) is 5. The van der Waals surface area contributed by atoms with Crippen LogP contribution in [0.5, 0.6) is 0 Å². The van der Waals surface area contributed by atoms with Gasteiger partial charge < -0.3 is 0 Å². The lowest BCUT2D eigenvalue weighted by atomic mass is 10.2. The third-order valence-corrected chi connectivity index (χ3v) is 1.98. The highest BCUT2D eigenvalue weighted by Gasteiger charge is 2.02. The molecule has 5 nitrogen and oxygen atoms in total. The van der Waals surface area contributed by atoms with Crippen molar-refractivity contribution in [2.45, 2.75) is 0 Å². The number of allylic oxidation sites excluding steroid dienone is 1. The van der Waals surface area contributed by atoms with Gasteiger partial charge in [0.2, 0.25) is 0 Å². The first-order valence-corrected chi connectivity index (χ1v) is 6.39. The van der Waals surface area contributed by atoms with Crippen LogP contribution in [0.4, 0.5) is 0 Å². The average molecular weight is 250 g/mol. The minimum atomic E-state index is -3.65. The van der Waals surface area contributed by atoms with Gasteiger partial charge in [-0.25, -0.2) is 5.48 Å². The molecule has 0 unspecified atom stereocenters. The molecule has 17 heavy (non-hydrogen) atoms. The van der Waals surface area contributed by atoms with E-state index in [1.54, 1.807) is 6.07 Å². The van der Waals surface area contributed by atoms with E-state index in [9.17, 15) is 8.42 Å². The van der Waals surface area contributed by atoms with E-state index in [0.29, 0.717) is 0 Å². The lowest BCUT2D eigenvalue weighted by Gasteiger charge is -1.99. The number of nitriles is 1. The highest BCUT2D eigenvalue weighted by molar-refractivity contribution is 7.85. The van der Waals surface area contributed by atoms with Gasteiger partial charge in [0.1, 0.15) is 6.07 Å². The Bertz CT molecular complexity index is 579. The van der Waals surface area contributed by atoms with Gasteiger partial charge in [0, 0.05) is 0 Å². The zero-order valence-electron chi connectivity index (χ0n) is 9.04. The molecule has 1 aromatic rings. The van der Waals surface area contributed by atoms with Crippen LogP contribution < -0.4 is 5.48 Å². The molecule has 0 fully saturated rings. The number of hydrogen-bond donors (Lipinski definition) is 1. The molecule has 0 aliphatic carbocycles. The van der Waals surface area contributed by atoms with Gasteiger partial charge in [0.05, 0.1) is 6.26 Å². The molecule has 1 N–H and O–H groups in total. The van der Waals surface area contributed by atoms with Crippen LogP contribution in [0.3, 0.4) is 0 Å². The molecule has 0 spiro atoms. The lowest BCUT2D eigenvalue weighted by molar-refractivity contribution is 0.245. The van der Waals surface area contributed by atoms with Gasteiger partial charge in [-0.1, -0.05) is 36.1 Å². The molecule has 0 saturated carbocycles. The van der Waals surface area contributed by atoms with Crippen molar-refractivity contribution in [2.24, 2.45) is 0 Å². The molecule has 0 saturated heterocycles. The van der Waals surface area contributed by atoms with Crippen molar-refractivity contribution in [1.29, 1.82) is 5.26 Å².